The molecule has 0 amide bonds. The van der Waals surface area contributed by atoms with Crippen molar-refractivity contribution in [3.05, 3.63) is 55.6 Å². The van der Waals surface area contributed by atoms with Crippen LogP contribution in [0.4, 0.5) is 0 Å². The molecule has 0 aliphatic heterocycles. The van der Waals surface area contributed by atoms with Crippen molar-refractivity contribution < 1.29 is 0 Å². The molecule has 0 bridgehead atoms. The first kappa shape index (κ1) is 29.2. The lowest BCUT2D eigenvalue weighted by atomic mass is 9.70. The molecule has 2 aromatic carbocycles. The van der Waals surface area contributed by atoms with Crippen LogP contribution < -0.4 is 0 Å². The van der Waals surface area contributed by atoms with Gasteiger partial charge in [0.25, 0.3) is 0 Å². The maximum atomic E-state index is 3.82. The molecule has 0 fully saturated rings. The highest BCUT2D eigenvalue weighted by Gasteiger charge is 2.42. The van der Waals surface area contributed by atoms with Crippen LogP contribution >= 0.6 is 38.5 Å². The lowest BCUT2D eigenvalue weighted by molar-refractivity contribution is 0.397. The molecule has 0 heterocycles. The SMILES string of the molecule is CCCCCCCCCCC1(CCCCCCCCCC)c2cc(Br)ccc2-c2ccc(I)cc21. The smallest absolute Gasteiger partial charge is 0.0216 e. The first-order chi connectivity index (χ1) is 17.1. The van der Waals surface area contributed by atoms with Gasteiger partial charge in [-0.15, -0.1) is 0 Å². The Hall–Kier alpha value is -0.350. The molecule has 0 spiro atoms. The van der Waals surface area contributed by atoms with Gasteiger partial charge in [-0.25, -0.2) is 0 Å². The molecule has 0 unspecified atom stereocenters. The van der Waals surface area contributed by atoms with E-state index in [2.05, 4.69) is 88.8 Å². The normalized spacial score (nSPS) is 13.7. The molecule has 0 atom stereocenters. The van der Waals surface area contributed by atoms with Crippen molar-refractivity contribution in [2.75, 3.05) is 0 Å². The predicted molar refractivity (Wildman–Crippen MR) is 168 cm³/mol. The van der Waals surface area contributed by atoms with E-state index in [-0.39, 0.29) is 5.41 Å². The van der Waals surface area contributed by atoms with Crippen LogP contribution in [-0.2, 0) is 5.41 Å². The van der Waals surface area contributed by atoms with Crippen LogP contribution in [-0.4, -0.2) is 0 Å². The third-order valence-electron chi connectivity index (χ3n) is 8.20. The van der Waals surface area contributed by atoms with Crippen LogP contribution in [0.1, 0.15) is 141 Å². The highest BCUT2D eigenvalue weighted by atomic mass is 127. The number of fused-ring (bicyclic) bond motifs is 3. The molecular weight excluding hydrogens is 603 g/mol. The maximum Gasteiger partial charge on any atom is 0.0216 e. The number of unbranched alkanes of at least 4 members (excludes halogenated alkanes) is 14. The van der Waals surface area contributed by atoms with Gasteiger partial charge in [0.1, 0.15) is 0 Å². The van der Waals surface area contributed by atoms with Crippen molar-refractivity contribution >= 4 is 38.5 Å². The summed E-state index contributed by atoms with van der Waals surface area (Å²) < 4.78 is 2.61. The van der Waals surface area contributed by atoms with Crippen molar-refractivity contribution in [1.29, 1.82) is 0 Å². The molecule has 0 saturated carbocycles. The maximum absolute atomic E-state index is 3.82. The van der Waals surface area contributed by atoms with E-state index in [1.165, 1.54) is 135 Å². The van der Waals surface area contributed by atoms with Crippen LogP contribution in [0, 0.1) is 3.57 Å². The van der Waals surface area contributed by atoms with Gasteiger partial charge in [-0.2, -0.15) is 0 Å². The average Bonchev–Trinajstić information content (AvgIpc) is 3.11. The molecule has 2 aromatic rings. The number of hydrogen-bond acceptors (Lipinski definition) is 0. The zero-order valence-corrected chi connectivity index (χ0v) is 26.2. The molecule has 0 saturated heterocycles. The lowest BCUT2D eigenvalue weighted by Crippen LogP contribution is -2.25. The monoisotopic (exact) mass is 650 g/mol. The molecular formula is C33H48BrI. The van der Waals surface area contributed by atoms with E-state index in [0.29, 0.717) is 0 Å². The third kappa shape index (κ3) is 8.32. The summed E-state index contributed by atoms with van der Waals surface area (Å²) >= 11 is 6.34. The first-order valence-electron chi connectivity index (χ1n) is 14.7. The van der Waals surface area contributed by atoms with Crippen LogP contribution in [0.5, 0.6) is 0 Å². The fourth-order valence-corrected chi connectivity index (χ4v) is 7.08. The first-order valence-corrected chi connectivity index (χ1v) is 16.6. The lowest BCUT2D eigenvalue weighted by Gasteiger charge is -2.33. The Kier molecular flexibility index (Phi) is 13.2. The van der Waals surface area contributed by atoms with Gasteiger partial charge < -0.3 is 0 Å². The minimum absolute atomic E-state index is 0.194. The minimum atomic E-state index is 0.194. The van der Waals surface area contributed by atoms with Crippen molar-refractivity contribution in [1.82, 2.24) is 0 Å². The number of rotatable bonds is 18. The van der Waals surface area contributed by atoms with E-state index in [9.17, 15) is 0 Å². The van der Waals surface area contributed by atoms with Gasteiger partial charge in [0.15, 0.2) is 0 Å². The number of hydrogen-bond donors (Lipinski definition) is 0. The Balaban J connectivity index is 1.70. The van der Waals surface area contributed by atoms with Crippen LogP contribution in [0.15, 0.2) is 40.9 Å². The average molecular weight is 652 g/mol. The van der Waals surface area contributed by atoms with Gasteiger partial charge >= 0.3 is 0 Å². The Morgan fingerprint density at radius 1 is 0.571 bits per heavy atom. The molecule has 0 N–H and O–H groups in total. The van der Waals surface area contributed by atoms with E-state index in [1.807, 2.05) is 0 Å². The van der Waals surface area contributed by atoms with Gasteiger partial charge in [-0.3, -0.25) is 0 Å². The molecule has 2 heteroatoms. The molecule has 0 nitrogen and oxygen atoms in total. The second-order valence-corrected chi connectivity index (χ2v) is 13.1. The third-order valence-corrected chi connectivity index (χ3v) is 9.36. The molecule has 0 radical (unpaired) electrons. The second-order valence-electron chi connectivity index (χ2n) is 10.9. The summed E-state index contributed by atoms with van der Waals surface area (Å²) in [4.78, 5) is 0. The summed E-state index contributed by atoms with van der Waals surface area (Å²) in [6, 6.07) is 14.3. The van der Waals surface area contributed by atoms with Crippen LogP contribution in [0.3, 0.4) is 0 Å². The highest BCUT2D eigenvalue weighted by Crippen LogP contribution is 2.55. The Labute approximate surface area is 238 Å². The Morgan fingerprint density at radius 3 is 1.51 bits per heavy atom. The van der Waals surface area contributed by atoms with E-state index in [1.54, 1.807) is 11.1 Å². The van der Waals surface area contributed by atoms with E-state index < -0.39 is 0 Å². The van der Waals surface area contributed by atoms with Gasteiger partial charge in [-0.1, -0.05) is 145 Å². The Bertz CT molecular complexity index is 813. The molecule has 1 aliphatic rings. The summed E-state index contributed by atoms with van der Waals surface area (Å²) in [7, 11) is 0. The quantitative estimate of drug-likeness (QED) is 0.111. The Morgan fingerprint density at radius 2 is 1.00 bits per heavy atom. The standard InChI is InChI=1S/C33H48BrI/c1-3-5-7-9-11-13-15-17-23-33(24-18-16-14-12-10-8-6-4-2)31-25-27(34)19-21-29(31)30-22-20-28(35)26-32(30)33/h19-22,25-26H,3-18,23-24H2,1-2H3. The number of benzene rings is 2. The second kappa shape index (κ2) is 15.8. The predicted octanol–water partition coefficient (Wildman–Crippen LogP) is 12.4. The summed E-state index contributed by atoms with van der Waals surface area (Å²) in [6.45, 7) is 4.62. The van der Waals surface area contributed by atoms with Crippen molar-refractivity contribution in [2.45, 2.75) is 135 Å². The van der Waals surface area contributed by atoms with Crippen molar-refractivity contribution in [3.8, 4) is 11.1 Å². The van der Waals surface area contributed by atoms with Gasteiger partial charge in [0.2, 0.25) is 0 Å². The fraction of sp³-hybridized carbons (Fsp3) is 0.636. The zero-order chi connectivity index (χ0) is 24.9. The van der Waals surface area contributed by atoms with E-state index in [4.69, 9.17) is 0 Å². The van der Waals surface area contributed by atoms with E-state index >= 15 is 0 Å². The molecule has 0 aromatic heterocycles. The topological polar surface area (TPSA) is 0 Å². The summed E-state index contributed by atoms with van der Waals surface area (Å²) in [5, 5.41) is 0. The van der Waals surface area contributed by atoms with Gasteiger partial charge in [0, 0.05) is 13.5 Å². The summed E-state index contributed by atoms with van der Waals surface area (Å²) in [5.74, 6) is 0. The molecule has 194 valence electrons. The fourth-order valence-electron chi connectivity index (χ4n) is 6.22. The molecule has 35 heavy (non-hydrogen) atoms. The van der Waals surface area contributed by atoms with Crippen molar-refractivity contribution in [3.63, 3.8) is 0 Å². The summed E-state index contributed by atoms with van der Waals surface area (Å²) in [5.41, 5.74) is 6.38. The molecule has 1 aliphatic carbocycles. The van der Waals surface area contributed by atoms with Gasteiger partial charge in [0.05, 0.1) is 0 Å². The largest absolute Gasteiger partial charge is 0.0654 e. The zero-order valence-electron chi connectivity index (χ0n) is 22.4. The van der Waals surface area contributed by atoms with Gasteiger partial charge in [-0.05, 0) is 82.0 Å². The molecule has 3 rings (SSSR count). The summed E-state index contributed by atoms with van der Waals surface area (Å²) in [6.07, 6.45) is 24.9. The number of halogens is 2. The van der Waals surface area contributed by atoms with Crippen LogP contribution in [0.25, 0.3) is 11.1 Å². The van der Waals surface area contributed by atoms with Crippen LogP contribution in [0.2, 0.25) is 0 Å². The minimum Gasteiger partial charge on any atom is -0.0654 e. The highest BCUT2D eigenvalue weighted by molar-refractivity contribution is 14.1. The van der Waals surface area contributed by atoms with Crippen molar-refractivity contribution in [2.24, 2.45) is 0 Å². The van der Waals surface area contributed by atoms with E-state index in [0.717, 1.165) is 0 Å².